The summed E-state index contributed by atoms with van der Waals surface area (Å²) in [6.07, 6.45) is 1.09. The summed E-state index contributed by atoms with van der Waals surface area (Å²) in [4.78, 5) is 14.2. The van der Waals surface area contributed by atoms with Gasteiger partial charge in [0.25, 0.3) is 0 Å². The Labute approximate surface area is 111 Å². The molecular formula is C14H28N2O2. The number of ether oxygens (including phenoxy) is 1. The van der Waals surface area contributed by atoms with Crippen molar-refractivity contribution in [2.45, 2.75) is 58.7 Å². The minimum absolute atomic E-state index is 0.159. The lowest BCUT2D eigenvalue weighted by atomic mass is 9.93. The summed E-state index contributed by atoms with van der Waals surface area (Å²) < 4.78 is 5.39. The molecule has 106 valence electrons. The van der Waals surface area contributed by atoms with Gasteiger partial charge in [-0.15, -0.1) is 0 Å². The summed E-state index contributed by atoms with van der Waals surface area (Å²) in [5.41, 5.74) is -0.411. The number of piperidine rings is 1. The van der Waals surface area contributed by atoms with Gasteiger partial charge in [-0.25, -0.2) is 0 Å². The summed E-state index contributed by atoms with van der Waals surface area (Å²) in [7, 11) is 2.14. The zero-order valence-electron chi connectivity index (χ0n) is 12.6. The van der Waals surface area contributed by atoms with Gasteiger partial charge in [-0.3, -0.25) is 4.79 Å². The molecule has 1 rings (SSSR count). The standard InChI is InChI=1S/C14H28N2O2/c1-10-9-16(6)8-7-12(10)15-11(2)13(17)18-14(3,4)5/h10-12,15H,7-9H2,1-6H3. The fourth-order valence-electron chi connectivity index (χ4n) is 2.38. The molecule has 1 saturated heterocycles. The van der Waals surface area contributed by atoms with E-state index in [1.54, 1.807) is 0 Å². The number of rotatable bonds is 3. The van der Waals surface area contributed by atoms with Gasteiger partial charge in [0.1, 0.15) is 11.6 Å². The van der Waals surface area contributed by atoms with Gasteiger partial charge in [0.15, 0.2) is 0 Å². The minimum Gasteiger partial charge on any atom is -0.459 e. The molecule has 1 aliphatic heterocycles. The molecule has 0 amide bonds. The van der Waals surface area contributed by atoms with Gasteiger partial charge < -0.3 is 15.0 Å². The van der Waals surface area contributed by atoms with Crippen molar-refractivity contribution in [1.82, 2.24) is 10.2 Å². The minimum atomic E-state index is -0.411. The van der Waals surface area contributed by atoms with Gasteiger partial charge >= 0.3 is 5.97 Å². The molecule has 0 aromatic carbocycles. The molecule has 3 unspecified atom stereocenters. The highest BCUT2D eigenvalue weighted by Crippen LogP contribution is 2.16. The maximum Gasteiger partial charge on any atom is 0.323 e. The normalized spacial score (nSPS) is 27.9. The Kier molecular flexibility index (Phi) is 5.17. The van der Waals surface area contributed by atoms with E-state index in [1.807, 2.05) is 27.7 Å². The average Bonchev–Trinajstić information content (AvgIpc) is 2.19. The molecule has 3 atom stereocenters. The highest BCUT2D eigenvalue weighted by atomic mass is 16.6. The smallest absolute Gasteiger partial charge is 0.323 e. The van der Waals surface area contributed by atoms with Gasteiger partial charge in [0, 0.05) is 12.6 Å². The molecule has 1 N–H and O–H groups in total. The number of hydrogen-bond acceptors (Lipinski definition) is 4. The SMILES string of the molecule is CC(NC1CCN(C)CC1C)C(=O)OC(C)(C)C. The first-order valence-corrected chi connectivity index (χ1v) is 6.86. The van der Waals surface area contributed by atoms with Crippen LogP contribution in [0.4, 0.5) is 0 Å². The summed E-state index contributed by atoms with van der Waals surface area (Å²) in [6.45, 7) is 12.0. The average molecular weight is 256 g/mol. The van der Waals surface area contributed by atoms with Crippen molar-refractivity contribution in [2.75, 3.05) is 20.1 Å². The lowest BCUT2D eigenvalue weighted by Crippen LogP contribution is -2.52. The maximum absolute atomic E-state index is 11.9. The third kappa shape index (κ3) is 4.94. The zero-order valence-corrected chi connectivity index (χ0v) is 12.6. The van der Waals surface area contributed by atoms with E-state index in [-0.39, 0.29) is 12.0 Å². The van der Waals surface area contributed by atoms with Crippen LogP contribution in [0.25, 0.3) is 0 Å². The van der Waals surface area contributed by atoms with Gasteiger partial charge in [-0.05, 0) is 53.6 Å². The Hall–Kier alpha value is -0.610. The van der Waals surface area contributed by atoms with Gasteiger partial charge in [0.05, 0.1) is 0 Å². The van der Waals surface area contributed by atoms with Gasteiger partial charge in [-0.2, -0.15) is 0 Å². The monoisotopic (exact) mass is 256 g/mol. The van der Waals surface area contributed by atoms with E-state index < -0.39 is 5.60 Å². The highest BCUT2D eigenvalue weighted by molar-refractivity contribution is 5.75. The molecule has 0 aromatic heterocycles. The summed E-state index contributed by atoms with van der Waals surface area (Å²) in [6, 6.07) is 0.170. The van der Waals surface area contributed by atoms with Crippen molar-refractivity contribution < 1.29 is 9.53 Å². The third-order valence-electron chi connectivity index (χ3n) is 3.33. The lowest BCUT2D eigenvalue weighted by molar-refractivity contribution is -0.157. The largest absolute Gasteiger partial charge is 0.459 e. The number of carbonyl (C=O) groups is 1. The van der Waals surface area contributed by atoms with Crippen LogP contribution in [0.15, 0.2) is 0 Å². The lowest BCUT2D eigenvalue weighted by Gasteiger charge is -2.36. The molecule has 0 saturated carbocycles. The van der Waals surface area contributed by atoms with Crippen LogP contribution in [-0.2, 0) is 9.53 Å². The van der Waals surface area contributed by atoms with E-state index in [1.165, 1.54) is 0 Å². The molecule has 4 heteroatoms. The van der Waals surface area contributed by atoms with Crippen molar-refractivity contribution in [3.63, 3.8) is 0 Å². The zero-order chi connectivity index (χ0) is 13.9. The van der Waals surface area contributed by atoms with Crippen LogP contribution >= 0.6 is 0 Å². The summed E-state index contributed by atoms with van der Waals surface area (Å²) >= 11 is 0. The van der Waals surface area contributed by atoms with E-state index in [9.17, 15) is 4.79 Å². The van der Waals surface area contributed by atoms with Gasteiger partial charge in [0.2, 0.25) is 0 Å². The molecule has 1 heterocycles. The first-order valence-electron chi connectivity index (χ1n) is 6.86. The third-order valence-corrected chi connectivity index (χ3v) is 3.33. The fourth-order valence-corrected chi connectivity index (χ4v) is 2.38. The number of carbonyl (C=O) groups excluding carboxylic acids is 1. The van der Waals surface area contributed by atoms with Crippen molar-refractivity contribution in [3.05, 3.63) is 0 Å². The Bertz CT molecular complexity index is 286. The second-order valence-electron chi connectivity index (χ2n) is 6.56. The number of nitrogens with zero attached hydrogens (tertiary/aromatic N) is 1. The van der Waals surface area contributed by atoms with Crippen molar-refractivity contribution >= 4 is 5.97 Å². The van der Waals surface area contributed by atoms with E-state index >= 15 is 0 Å². The number of likely N-dealkylation sites (tertiary alicyclic amines) is 1. The van der Waals surface area contributed by atoms with Gasteiger partial charge in [-0.1, -0.05) is 6.92 Å². The van der Waals surface area contributed by atoms with E-state index in [0.29, 0.717) is 12.0 Å². The fraction of sp³-hybridized carbons (Fsp3) is 0.929. The maximum atomic E-state index is 11.9. The Morgan fingerprint density at radius 3 is 2.56 bits per heavy atom. The molecule has 0 aliphatic carbocycles. The van der Waals surface area contributed by atoms with E-state index in [0.717, 1.165) is 19.5 Å². The van der Waals surface area contributed by atoms with Crippen LogP contribution in [0, 0.1) is 5.92 Å². The van der Waals surface area contributed by atoms with Crippen LogP contribution in [0.5, 0.6) is 0 Å². The quantitative estimate of drug-likeness (QED) is 0.780. The second kappa shape index (κ2) is 6.02. The summed E-state index contributed by atoms with van der Waals surface area (Å²) in [5, 5.41) is 3.41. The number of nitrogens with one attached hydrogen (secondary N) is 1. The van der Waals surface area contributed by atoms with Crippen LogP contribution in [0.2, 0.25) is 0 Å². The molecule has 18 heavy (non-hydrogen) atoms. The Balaban J connectivity index is 2.44. The van der Waals surface area contributed by atoms with Crippen LogP contribution in [0.3, 0.4) is 0 Å². The Morgan fingerprint density at radius 1 is 1.44 bits per heavy atom. The van der Waals surface area contributed by atoms with Crippen molar-refractivity contribution in [2.24, 2.45) is 5.92 Å². The molecule has 0 spiro atoms. The molecule has 1 aliphatic rings. The molecule has 1 fully saturated rings. The predicted molar refractivity (Wildman–Crippen MR) is 73.5 cm³/mol. The van der Waals surface area contributed by atoms with E-state index in [2.05, 4.69) is 24.2 Å². The first kappa shape index (κ1) is 15.4. The van der Waals surface area contributed by atoms with Crippen LogP contribution < -0.4 is 5.32 Å². The highest BCUT2D eigenvalue weighted by Gasteiger charge is 2.28. The molecule has 0 bridgehead atoms. The predicted octanol–water partition coefficient (Wildman–Crippen LogP) is 1.65. The molecular weight excluding hydrogens is 228 g/mol. The molecule has 0 aromatic rings. The topological polar surface area (TPSA) is 41.6 Å². The molecule has 0 radical (unpaired) electrons. The second-order valence-corrected chi connectivity index (χ2v) is 6.56. The Morgan fingerprint density at radius 2 is 2.06 bits per heavy atom. The number of esters is 1. The van der Waals surface area contributed by atoms with Crippen molar-refractivity contribution in [3.8, 4) is 0 Å². The van der Waals surface area contributed by atoms with Crippen LogP contribution in [-0.4, -0.2) is 48.7 Å². The first-order chi connectivity index (χ1) is 8.19. The summed E-state index contributed by atoms with van der Waals surface area (Å²) in [5.74, 6) is 0.405. The van der Waals surface area contributed by atoms with Crippen molar-refractivity contribution in [1.29, 1.82) is 0 Å². The van der Waals surface area contributed by atoms with E-state index in [4.69, 9.17) is 4.74 Å². The molecule has 4 nitrogen and oxygen atoms in total. The number of hydrogen-bond donors (Lipinski definition) is 1. The van der Waals surface area contributed by atoms with Crippen LogP contribution in [0.1, 0.15) is 41.0 Å².